The lowest BCUT2D eigenvalue weighted by Gasteiger charge is -2.26. The first-order valence-electron chi connectivity index (χ1n) is 8.97. The van der Waals surface area contributed by atoms with E-state index in [1.54, 1.807) is 0 Å². The van der Waals surface area contributed by atoms with Crippen molar-refractivity contribution in [2.24, 2.45) is 0 Å². The van der Waals surface area contributed by atoms with Crippen LogP contribution in [0.5, 0.6) is 11.5 Å². The summed E-state index contributed by atoms with van der Waals surface area (Å²) >= 11 is 1.84. The first kappa shape index (κ1) is 17.3. The first-order chi connectivity index (χ1) is 12.5. The molecule has 2 aliphatic heterocycles. The second-order valence-corrected chi connectivity index (χ2v) is 8.50. The molecule has 4 nitrogen and oxygen atoms in total. The Morgan fingerprint density at radius 1 is 1.27 bits per heavy atom. The Hall–Kier alpha value is -2.14. The van der Waals surface area contributed by atoms with Gasteiger partial charge < -0.3 is 14.8 Å². The first-order valence-corrected chi connectivity index (χ1v) is 9.95. The van der Waals surface area contributed by atoms with Crippen LogP contribution < -0.4 is 14.8 Å². The van der Waals surface area contributed by atoms with Crippen molar-refractivity contribution in [2.45, 2.75) is 43.2 Å². The highest BCUT2D eigenvalue weighted by Crippen LogP contribution is 2.41. The maximum absolute atomic E-state index is 12.4. The normalized spacial score (nSPS) is 19.8. The second-order valence-electron chi connectivity index (χ2n) is 7.37. The molecular weight excluding hydrogens is 346 g/mol. The number of ether oxygens (including phenoxy) is 2. The molecule has 2 aliphatic rings. The molecule has 2 aromatic carbocycles. The zero-order valence-corrected chi connectivity index (χ0v) is 15.9. The summed E-state index contributed by atoms with van der Waals surface area (Å²) in [6, 6.07) is 14.2. The predicted molar refractivity (Wildman–Crippen MR) is 103 cm³/mol. The fourth-order valence-corrected chi connectivity index (χ4v) is 4.70. The van der Waals surface area contributed by atoms with Gasteiger partial charge in [-0.3, -0.25) is 4.79 Å². The van der Waals surface area contributed by atoms with Gasteiger partial charge in [0.2, 0.25) is 0 Å². The Morgan fingerprint density at radius 2 is 2.12 bits per heavy atom. The van der Waals surface area contributed by atoms with E-state index in [1.807, 2.05) is 42.1 Å². The molecule has 136 valence electrons. The van der Waals surface area contributed by atoms with Crippen LogP contribution in [0.4, 0.5) is 0 Å². The van der Waals surface area contributed by atoms with Crippen LogP contribution in [0.25, 0.3) is 0 Å². The molecule has 1 N–H and O–H groups in total. The summed E-state index contributed by atoms with van der Waals surface area (Å²) in [7, 11) is 0. The van der Waals surface area contributed by atoms with E-state index in [4.69, 9.17) is 9.47 Å². The lowest BCUT2D eigenvalue weighted by molar-refractivity contribution is -0.123. The number of carbonyl (C=O) groups excluding carboxylic acids is 1. The van der Waals surface area contributed by atoms with Crippen molar-refractivity contribution >= 4 is 17.7 Å². The van der Waals surface area contributed by atoms with E-state index in [-0.39, 0.29) is 24.2 Å². The van der Waals surface area contributed by atoms with E-state index >= 15 is 0 Å². The van der Waals surface area contributed by atoms with Gasteiger partial charge in [-0.05, 0) is 38.0 Å². The molecule has 0 spiro atoms. The van der Waals surface area contributed by atoms with Gasteiger partial charge in [0, 0.05) is 22.6 Å². The Bertz CT molecular complexity index is 834. The zero-order chi connectivity index (χ0) is 18.1. The number of fused-ring (bicyclic) bond motifs is 2. The Balaban J connectivity index is 1.40. The predicted octanol–water partition coefficient (Wildman–Crippen LogP) is 4.13. The summed E-state index contributed by atoms with van der Waals surface area (Å²) in [6.07, 6.45) is 1.79. The van der Waals surface area contributed by atoms with E-state index in [0.29, 0.717) is 5.75 Å². The molecule has 0 bridgehead atoms. The third-order valence-electron chi connectivity index (χ3n) is 4.71. The lowest BCUT2D eigenvalue weighted by Crippen LogP contribution is -2.34. The number of nitrogens with one attached hydrogen (secondary N) is 1. The van der Waals surface area contributed by atoms with Gasteiger partial charge in [0.1, 0.15) is 5.60 Å². The molecule has 5 heteroatoms. The smallest absolute Gasteiger partial charge is 0.258 e. The summed E-state index contributed by atoms with van der Waals surface area (Å²) in [5, 5.41) is 3.11. The van der Waals surface area contributed by atoms with Gasteiger partial charge in [-0.25, -0.2) is 0 Å². The number of para-hydroxylation sites is 1. The number of thioether (sulfide) groups is 1. The van der Waals surface area contributed by atoms with Crippen molar-refractivity contribution < 1.29 is 14.3 Å². The number of hydrogen-bond donors (Lipinski definition) is 1. The molecule has 4 rings (SSSR count). The van der Waals surface area contributed by atoms with Crippen LogP contribution in [0, 0.1) is 0 Å². The molecule has 0 fully saturated rings. The van der Waals surface area contributed by atoms with E-state index in [2.05, 4.69) is 31.3 Å². The lowest BCUT2D eigenvalue weighted by atomic mass is 10.0. The molecule has 0 unspecified atom stereocenters. The molecule has 0 radical (unpaired) electrons. The van der Waals surface area contributed by atoms with Crippen molar-refractivity contribution in [1.29, 1.82) is 0 Å². The summed E-state index contributed by atoms with van der Waals surface area (Å²) in [5.41, 5.74) is 2.10. The zero-order valence-electron chi connectivity index (χ0n) is 15.1. The molecule has 1 amide bonds. The Morgan fingerprint density at radius 3 is 3.00 bits per heavy atom. The van der Waals surface area contributed by atoms with Crippen LogP contribution in [0.1, 0.15) is 37.4 Å². The van der Waals surface area contributed by atoms with Gasteiger partial charge in [-0.2, -0.15) is 0 Å². The van der Waals surface area contributed by atoms with Gasteiger partial charge in [0.05, 0.1) is 6.04 Å². The Labute approximate surface area is 158 Å². The molecule has 0 aliphatic carbocycles. The van der Waals surface area contributed by atoms with Crippen LogP contribution in [-0.4, -0.2) is 23.9 Å². The fourth-order valence-electron chi connectivity index (χ4n) is 3.57. The van der Waals surface area contributed by atoms with E-state index in [9.17, 15) is 4.79 Å². The maximum Gasteiger partial charge on any atom is 0.258 e. The molecule has 2 aromatic rings. The highest BCUT2D eigenvalue weighted by molar-refractivity contribution is 7.99. The number of amides is 1. The van der Waals surface area contributed by atoms with Crippen molar-refractivity contribution in [1.82, 2.24) is 5.32 Å². The van der Waals surface area contributed by atoms with Crippen molar-refractivity contribution in [3.63, 3.8) is 0 Å². The average Bonchev–Trinajstić information content (AvgIpc) is 2.94. The van der Waals surface area contributed by atoms with Crippen molar-refractivity contribution in [3.05, 3.63) is 53.6 Å². The molecular formula is C21H23NO3S. The fraction of sp³-hybridized carbons (Fsp3) is 0.381. The van der Waals surface area contributed by atoms with E-state index in [0.717, 1.165) is 29.9 Å². The molecule has 26 heavy (non-hydrogen) atoms. The number of hydrogen-bond acceptors (Lipinski definition) is 4. The van der Waals surface area contributed by atoms with Crippen LogP contribution >= 0.6 is 11.8 Å². The molecule has 0 aromatic heterocycles. The molecule has 1 atom stereocenters. The van der Waals surface area contributed by atoms with Crippen molar-refractivity contribution in [2.75, 3.05) is 12.4 Å². The van der Waals surface area contributed by atoms with Gasteiger partial charge >= 0.3 is 0 Å². The van der Waals surface area contributed by atoms with Crippen molar-refractivity contribution in [3.8, 4) is 11.5 Å². The topological polar surface area (TPSA) is 47.6 Å². The van der Waals surface area contributed by atoms with Gasteiger partial charge in [0.25, 0.3) is 5.91 Å². The van der Waals surface area contributed by atoms with Crippen LogP contribution in [-0.2, 0) is 11.2 Å². The molecule has 0 saturated carbocycles. The maximum atomic E-state index is 12.4. The minimum Gasteiger partial charge on any atom is -0.483 e. The highest BCUT2D eigenvalue weighted by Gasteiger charge is 2.32. The largest absolute Gasteiger partial charge is 0.483 e. The number of benzene rings is 2. The quantitative estimate of drug-likeness (QED) is 0.880. The van der Waals surface area contributed by atoms with Gasteiger partial charge in [-0.15, -0.1) is 11.8 Å². The highest BCUT2D eigenvalue weighted by atomic mass is 32.2. The average molecular weight is 369 g/mol. The molecule has 0 saturated heterocycles. The SMILES string of the molecule is CC1(C)Cc2cccc(OCC(=O)N[C@@H]3CCSc4ccccc43)c2O1. The van der Waals surface area contributed by atoms with E-state index < -0.39 is 0 Å². The minimum atomic E-state index is -0.229. The second kappa shape index (κ2) is 6.88. The Kier molecular flexibility index (Phi) is 4.57. The third-order valence-corrected chi connectivity index (χ3v) is 5.83. The monoisotopic (exact) mass is 369 g/mol. The number of carbonyl (C=O) groups is 1. The number of rotatable bonds is 4. The third kappa shape index (κ3) is 3.54. The molecule has 2 heterocycles. The van der Waals surface area contributed by atoms with Crippen LogP contribution in [0.2, 0.25) is 0 Å². The van der Waals surface area contributed by atoms with Crippen LogP contribution in [0.15, 0.2) is 47.4 Å². The van der Waals surface area contributed by atoms with Gasteiger partial charge in [-0.1, -0.05) is 30.3 Å². The van der Waals surface area contributed by atoms with E-state index in [1.165, 1.54) is 10.5 Å². The summed E-state index contributed by atoms with van der Waals surface area (Å²) < 4.78 is 11.8. The standard InChI is InChI=1S/C21H23NO3S/c1-21(2)12-14-6-5-8-17(20(14)25-21)24-13-19(23)22-16-10-11-26-18-9-4-3-7-15(16)18/h3-9,16H,10-13H2,1-2H3,(H,22,23)/t16-/m1/s1. The van der Waals surface area contributed by atoms with Gasteiger partial charge in [0.15, 0.2) is 18.1 Å². The minimum absolute atomic E-state index is 0.00789. The summed E-state index contributed by atoms with van der Waals surface area (Å²) in [6.45, 7) is 4.11. The summed E-state index contributed by atoms with van der Waals surface area (Å²) in [4.78, 5) is 13.7. The van der Waals surface area contributed by atoms with Crippen LogP contribution in [0.3, 0.4) is 0 Å². The summed E-state index contributed by atoms with van der Waals surface area (Å²) in [5.74, 6) is 2.32.